The van der Waals surface area contributed by atoms with Gasteiger partial charge in [-0.2, -0.15) is 5.26 Å². The van der Waals surface area contributed by atoms with Gasteiger partial charge in [-0.25, -0.2) is 0 Å². The van der Waals surface area contributed by atoms with Crippen molar-refractivity contribution in [2.45, 2.75) is 19.4 Å². The number of benzene rings is 2. The van der Waals surface area contributed by atoms with Crippen molar-refractivity contribution >= 4 is 5.91 Å². The normalized spacial score (nSPS) is 17.0. The maximum absolute atomic E-state index is 11.8. The van der Waals surface area contributed by atoms with Crippen LogP contribution < -0.4 is 0 Å². The van der Waals surface area contributed by atoms with E-state index in [0.29, 0.717) is 18.7 Å². The summed E-state index contributed by atoms with van der Waals surface area (Å²) in [6.07, 6.45) is 0. The second-order valence-electron chi connectivity index (χ2n) is 5.39. The third kappa shape index (κ3) is 2.53. The molecule has 3 rings (SSSR count). The molecule has 0 saturated carbocycles. The third-order valence-electron chi connectivity index (χ3n) is 4.06. The summed E-state index contributed by atoms with van der Waals surface area (Å²) in [5, 5.41) is 9.07. The maximum Gasteiger partial charge on any atom is 0.219 e. The van der Waals surface area contributed by atoms with Crippen LogP contribution in [0, 0.1) is 11.3 Å². The predicted molar refractivity (Wildman–Crippen MR) is 80.5 cm³/mol. The maximum atomic E-state index is 11.8. The SMILES string of the molecule is CC(=O)N1Cc2cc(C#N)ccc2[C@@H](c2ccccc2)C1. The molecule has 3 heteroatoms. The molecule has 2 aromatic carbocycles. The summed E-state index contributed by atoms with van der Waals surface area (Å²) in [6, 6.07) is 18.2. The number of amides is 1. The lowest BCUT2D eigenvalue weighted by atomic mass is 9.84. The molecule has 0 radical (unpaired) electrons. The van der Waals surface area contributed by atoms with Crippen molar-refractivity contribution in [2.24, 2.45) is 0 Å². The number of carbonyl (C=O) groups excluding carboxylic acids is 1. The van der Waals surface area contributed by atoms with Crippen molar-refractivity contribution in [3.05, 3.63) is 70.8 Å². The van der Waals surface area contributed by atoms with Crippen LogP contribution in [0.1, 0.15) is 35.1 Å². The molecule has 1 heterocycles. The third-order valence-corrected chi connectivity index (χ3v) is 4.06. The molecule has 0 bridgehead atoms. The molecule has 0 unspecified atom stereocenters. The first-order valence-electron chi connectivity index (χ1n) is 7.02. The van der Waals surface area contributed by atoms with Crippen LogP contribution in [0.4, 0.5) is 0 Å². The molecule has 0 fully saturated rings. The van der Waals surface area contributed by atoms with Gasteiger partial charge in [-0.3, -0.25) is 4.79 Å². The van der Waals surface area contributed by atoms with E-state index in [-0.39, 0.29) is 11.8 Å². The molecule has 0 N–H and O–H groups in total. The zero-order chi connectivity index (χ0) is 14.8. The molecule has 1 amide bonds. The Morgan fingerprint density at radius 2 is 2.00 bits per heavy atom. The number of fused-ring (bicyclic) bond motifs is 1. The quantitative estimate of drug-likeness (QED) is 0.803. The standard InChI is InChI=1S/C18H16N2O/c1-13(21)20-11-16-9-14(10-19)7-8-17(16)18(12-20)15-5-3-2-4-6-15/h2-9,18H,11-12H2,1H3/t18-/m1/s1. The average Bonchev–Trinajstić information content (AvgIpc) is 2.53. The lowest BCUT2D eigenvalue weighted by Gasteiger charge is -2.34. The first-order chi connectivity index (χ1) is 10.2. The smallest absolute Gasteiger partial charge is 0.219 e. The topological polar surface area (TPSA) is 44.1 Å². The van der Waals surface area contributed by atoms with E-state index < -0.39 is 0 Å². The highest BCUT2D eigenvalue weighted by atomic mass is 16.2. The molecule has 0 spiro atoms. The van der Waals surface area contributed by atoms with Crippen molar-refractivity contribution in [3.63, 3.8) is 0 Å². The van der Waals surface area contributed by atoms with E-state index in [1.165, 1.54) is 11.1 Å². The van der Waals surface area contributed by atoms with E-state index in [1.54, 1.807) is 6.92 Å². The molecule has 1 atom stereocenters. The van der Waals surface area contributed by atoms with Crippen LogP contribution in [0.3, 0.4) is 0 Å². The van der Waals surface area contributed by atoms with Crippen LogP contribution in [0.15, 0.2) is 48.5 Å². The van der Waals surface area contributed by atoms with Crippen molar-refractivity contribution in [2.75, 3.05) is 6.54 Å². The van der Waals surface area contributed by atoms with E-state index in [4.69, 9.17) is 5.26 Å². The highest BCUT2D eigenvalue weighted by molar-refractivity contribution is 5.74. The summed E-state index contributed by atoms with van der Waals surface area (Å²) in [6.45, 7) is 2.88. The molecule has 104 valence electrons. The Hall–Kier alpha value is -2.60. The van der Waals surface area contributed by atoms with Crippen LogP contribution >= 0.6 is 0 Å². The number of hydrogen-bond acceptors (Lipinski definition) is 2. The number of nitrogens with zero attached hydrogens (tertiary/aromatic N) is 2. The van der Waals surface area contributed by atoms with Crippen molar-refractivity contribution < 1.29 is 4.79 Å². The van der Waals surface area contributed by atoms with Crippen LogP contribution in [0.2, 0.25) is 0 Å². The zero-order valence-electron chi connectivity index (χ0n) is 11.9. The van der Waals surface area contributed by atoms with Gasteiger partial charge in [-0.1, -0.05) is 36.4 Å². The summed E-state index contributed by atoms with van der Waals surface area (Å²) in [5.74, 6) is 0.246. The van der Waals surface area contributed by atoms with Crippen LogP contribution in [0.25, 0.3) is 0 Å². The van der Waals surface area contributed by atoms with Gasteiger partial charge < -0.3 is 4.90 Å². The minimum Gasteiger partial charge on any atom is -0.338 e. The van der Waals surface area contributed by atoms with Gasteiger partial charge >= 0.3 is 0 Å². The minimum atomic E-state index is 0.0731. The second-order valence-corrected chi connectivity index (χ2v) is 5.39. The monoisotopic (exact) mass is 276 g/mol. The number of carbonyl (C=O) groups is 1. The Labute approximate surface area is 124 Å². The van der Waals surface area contributed by atoms with Gasteiger partial charge in [0.25, 0.3) is 0 Å². The molecular weight excluding hydrogens is 260 g/mol. The first kappa shape index (κ1) is 13.4. The van der Waals surface area contributed by atoms with E-state index in [1.807, 2.05) is 41.3 Å². The summed E-state index contributed by atoms with van der Waals surface area (Å²) in [4.78, 5) is 13.6. The van der Waals surface area contributed by atoms with Gasteiger partial charge in [0.15, 0.2) is 0 Å². The van der Waals surface area contributed by atoms with Crippen LogP contribution in [0.5, 0.6) is 0 Å². The molecule has 0 aliphatic carbocycles. The zero-order valence-corrected chi connectivity index (χ0v) is 11.9. The minimum absolute atomic E-state index is 0.0731. The molecule has 0 aromatic heterocycles. The van der Waals surface area contributed by atoms with E-state index >= 15 is 0 Å². The summed E-state index contributed by atoms with van der Waals surface area (Å²) >= 11 is 0. The lowest BCUT2D eigenvalue weighted by Crippen LogP contribution is -2.37. The summed E-state index contributed by atoms with van der Waals surface area (Å²) in [7, 11) is 0. The van der Waals surface area contributed by atoms with Crippen LogP contribution in [-0.4, -0.2) is 17.4 Å². The molecule has 2 aromatic rings. The predicted octanol–water partition coefficient (Wildman–Crippen LogP) is 3.05. The molecule has 1 aliphatic rings. The van der Waals surface area contributed by atoms with Gasteiger partial charge in [0.1, 0.15) is 0 Å². The van der Waals surface area contributed by atoms with Crippen LogP contribution in [-0.2, 0) is 11.3 Å². The van der Waals surface area contributed by atoms with Gasteiger partial charge in [-0.05, 0) is 28.8 Å². The fourth-order valence-corrected chi connectivity index (χ4v) is 2.95. The first-order valence-corrected chi connectivity index (χ1v) is 7.02. The second kappa shape index (κ2) is 5.41. The highest BCUT2D eigenvalue weighted by Crippen LogP contribution is 2.33. The molecule has 1 aliphatic heterocycles. The molecule has 3 nitrogen and oxygen atoms in total. The molecule has 0 saturated heterocycles. The summed E-state index contributed by atoms with van der Waals surface area (Å²) < 4.78 is 0. The molecule has 21 heavy (non-hydrogen) atoms. The number of hydrogen-bond donors (Lipinski definition) is 0. The Kier molecular flexibility index (Phi) is 3.45. The molecular formula is C18H16N2O. The van der Waals surface area contributed by atoms with Crippen molar-refractivity contribution in [1.82, 2.24) is 4.90 Å². The fourth-order valence-electron chi connectivity index (χ4n) is 2.95. The average molecular weight is 276 g/mol. The van der Waals surface area contributed by atoms with Gasteiger partial charge in [0.05, 0.1) is 11.6 Å². The van der Waals surface area contributed by atoms with Crippen molar-refractivity contribution in [3.8, 4) is 6.07 Å². The Morgan fingerprint density at radius 1 is 1.24 bits per heavy atom. The van der Waals surface area contributed by atoms with E-state index in [2.05, 4.69) is 18.2 Å². The summed E-state index contributed by atoms with van der Waals surface area (Å²) in [5.41, 5.74) is 4.14. The Balaban J connectivity index is 2.09. The van der Waals surface area contributed by atoms with E-state index in [9.17, 15) is 4.79 Å². The van der Waals surface area contributed by atoms with Gasteiger partial charge in [-0.15, -0.1) is 0 Å². The number of nitriles is 1. The lowest BCUT2D eigenvalue weighted by molar-refractivity contribution is -0.129. The Bertz CT molecular complexity index is 716. The van der Waals surface area contributed by atoms with E-state index in [0.717, 1.165) is 5.56 Å². The van der Waals surface area contributed by atoms with Crippen molar-refractivity contribution in [1.29, 1.82) is 5.26 Å². The largest absolute Gasteiger partial charge is 0.338 e. The fraction of sp³-hybridized carbons (Fsp3) is 0.222. The van der Waals surface area contributed by atoms with Gasteiger partial charge in [0, 0.05) is 25.9 Å². The Morgan fingerprint density at radius 3 is 2.67 bits per heavy atom. The van der Waals surface area contributed by atoms with Gasteiger partial charge in [0.2, 0.25) is 5.91 Å². The highest BCUT2D eigenvalue weighted by Gasteiger charge is 2.27. The number of rotatable bonds is 1.